The Kier molecular flexibility index (Phi) is 5.85. The molecule has 5 nitrogen and oxygen atoms in total. The van der Waals surface area contributed by atoms with Gasteiger partial charge in [0.05, 0.1) is 5.69 Å². The zero-order valence-electron chi connectivity index (χ0n) is 17.8. The maximum Gasteiger partial charge on any atom is 0.253 e. The third-order valence-corrected chi connectivity index (χ3v) is 4.95. The summed E-state index contributed by atoms with van der Waals surface area (Å²) in [5, 5.41) is 0. The number of hydrogen-bond donors (Lipinski definition) is 0. The van der Waals surface area contributed by atoms with Crippen LogP contribution in [0, 0.1) is 6.92 Å². The van der Waals surface area contributed by atoms with Crippen molar-refractivity contribution in [3.05, 3.63) is 101 Å². The molecule has 3 aromatic carbocycles. The summed E-state index contributed by atoms with van der Waals surface area (Å²) in [6.07, 6.45) is 0.665. The van der Waals surface area contributed by atoms with Gasteiger partial charge in [0.1, 0.15) is 17.3 Å². The molecule has 5 heteroatoms. The topological polar surface area (TPSA) is 55.6 Å². The van der Waals surface area contributed by atoms with Crippen LogP contribution in [0.1, 0.15) is 27.4 Å². The van der Waals surface area contributed by atoms with E-state index in [0.29, 0.717) is 17.9 Å². The normalized spacial score (nSPS) is 10.7. The SMILES string of the molecule is Cc1oc(-c2ccc(C(=O)N(C)C)cc2)nc1Cc1ccc(Oc2ccccc2)cc1. The van der Waals surface area contributed by atoms with Gasteiger partial charge < -0.3 is 14.1 Å². The Balaban J connectivity index is 1.46. The van der Waals surface area contributed by atoms with E-state index in [1.807, 2.05) is 73.7 Å². The summed E-state index contributed by atoms with van der Waals surface area (Å²) in [5.41, 5.74) is 3.49. The van der Waals surface area contributed by atoms with Gasteiger partial charge in [-0.25, -0.2) is 4.98 Å². The predicted octanol–water partition coefficient (Wildman–Crippen LogP) is 5.73. The highest BCUT2D eigenvalue weighted by Gasteiger charge is 2.14. The van der Waals surface area contributed by atoms with E-state index in [4.69, 9.17) is 9.15 Å². The quantitative estimate of drug-likeness (QED) is 0.405. The molecular formula is C26H24N2O3. The number of nitrogens with zero attached hydrogens (tertiary/aromatic N) is 2. The fourth-order valence-electron chi connectivity index (χ4n) is 3.22. The number of benzene rings is 3. The number of para-hydroxylation sites is 1. The second-order valence-corrected chi connectivity index (χ2v) is 7.53. The van der Waals surface area contributed by atoms with Crippen LogP contribution in [-0.2, 0) is 6.42 Å². The van der Waals surface area contributed by atoms with Crippen molar-refractivity contribution in [3.8, 4) is 23.0 Å². The highest BCUT2D eigenvalue weighted by Crippen LogP contribution is 2.25. The Morgan fingerprint density at radius 1 is 0.903 bits per heavy atom. The molecule has 0 saturated carbocycles. The minimum atomic E-state index is -0.0319. The summed E-state index contributed by atoms with van der Waals surface area (Å²) in [4.78, 5) is 18.3. The lowest BCUT2D eigenvalue weighted by Crippen LogP contribution is -2.21. The van der Waals surface area contributed by atoms with Crippen LogP contribution < -0.4 is 4.74 Å². The molecule has 156 valence electrons. The summed E-state index contributed by atoms with van der Waals surface area (Å²) in [7, 11) is 3.47. The van der Waals surface area contributed by atoms with Crippen molar-refractivity contribution >= 4 is 5.91 Å². The maximum atomic E-state index is 12.1. The number of oxazole rings is 1. The summed E-state index contributed by atoms with van der Waals surface area (Å²) >= 11 is 0. The van der Waals surface area contributed by atoms with Crippen LogP contribution in [0.5, 0.6) is 11.5 Å². The monoisotopic (exact) mass is 412 g/mol. The molecule has 0 N–H and O–H groups in total. The number of aromatic nitrogens is 1. The molecule has 1 aromatic heterocycles. The van der Waals surface area contributed by atoms with Crippen molar-refractivity contribution in [2.24, 2.45) is 0 Å². The largest absolute Gasteiger partial charge is 0.457 e. The lowest BCUT2D eigenvalue weighted by molar-refractivity contribution is 0.0827. The second kappa shape index (κ2) is 8.88. The molecule has 1 amide bonds. The first-order chi connectivity index (χ1) is 15.0. The maximum absolute atomic E-state index is 12.1. The molecule has 0 unspecified atom stereocenters. The van der Waals surface area contributed by atoms with Crippen LogP contribution in [0.2, 0.25) is 0 Å². The third-order valence-electron chi connectivity index (χ3n) is 4.95. The summed E-state index contributed by atoms with van der Waals surface area (Å²) in [6.45, 7) is 1.92. The Bertz CT molecular complexity index is 1160. The third kappa shape index (κ3) is 4.83. The standard InChI is InChI=1S/C26H24N2O3/c1-18-24(17-19-9-15-23(16-10-19)31-22-7-5-4-6-8-22)27-25(30-18)20-11-13-21(14-12-20)26(29)28(2)3/h4-16H,17H2,1-3H3. The van der Waals surface area contributed by atoms with E-state index in [9.17, 15) is 4.79 Å². The number of carbonyl (C=O) groups excluding carboxylic acids is 1. The van der Waals surface area contributed by atoms with Crippen molar-refractivity contribution in [1.29, 1.82) is 0 Å². The van der Waals surface area contributed by atoms with Gasteiger partial charge in [-0.2, -0.15) is 0 Å². The molecule has 0 radical (unpaired) electrons. The molecule has 4 rings (SSSR count). The van der Waals surface area contributed by atoms with Gasteiger partial charge in [-0.3, -0.25) is 4.79 Å². The van der Waals surface area contributed by atoms with E-state index < -0.39 is 0 Å². The highest BCUT2D eigenvalue weighted by atomic mass is 16.5. The minimum absolute atomic E-state index is 0.0319. The van der Waals surface area contributed by atoms with Gasteiger partial charge >= 0.3 is 0 Å². The molecule has 0 fully saturated rings. The molecule has 0 atom stereocenters. The van der Waals surface area contributed by atoms with Crippen molar-refractivity contribution in [1.82, 2.24) is 9.88 Å². The predicted molar refractivity (Wildman–Crippen MR) is 120 cm³/mol. The molecule has 0 spiro atoms. The first-order valence-corrected chi connectivity index (χ1v) is 10.1. The smallest absolute Gasteiger partial charge is 0.253 e. The minimum Gasteiger partial charge on any atom is -0.457 e. The number of aryl methyl sites for hydroxylation is 1. The van der Waals surface area contributed by atoms with Gasteiger partial charge in [0, 0.05) is 31.6 Å². The summed E-state index contributed by atoms with van der Waals surface area (Å²) < 4.78 is 11.7. The van der Waals surface area contributed by atoms with Crippen LogP contribution >= 0.6 is 0 Å². The van der Waals surface area contributed by atoms with Gasteiger partial charge in [0.15, 0.2) is 0 Å². The Morgan fingerprint density at radius 2 is 1.55 bits per heavy atom. The number of carbonyl (C=O) groups is 1. The zero-order valence-corrected chi connectivity index (χ0v) is 17.8. The highest BCUT2D eigenvalue weighted by molar-refractivity contribution is 5.94. The lowest BCUT2D eigenvalue weighted by atomic mass is 10.1. The van der Waals surface area contributed by atoms with Crippen LogP contribution in [0.3, 0.4) is 0 Å². The molecule has 1 heterocycles. The van der Waals surface area contributed by atoms with Gasteiger partial charge in [0.2, 0.25) is 5.89 Å². The van der Waals surface area contributed by atoms with E-state index in [1.165, 1.54) is 0 Å². The van der Waals surface area contributed by atoms with Gasteiger partial charge in [-0.1, -0.05) is 30.3 Å². The van der Waals surface area contributed by atoms with Crippen molar-refractivity contribution in [2.75, 3.05) is 14.1 Å². The van der Waals surface area contributed by atoms with Crippen LogP contribution in [0.25, 0.3) is 11.5 Å². The zero-order chi connectivity index (χ0) is 21.8. The second-order valence-electron chi connectivity index (χ2n) is 7.53. The van der Waals surface area contributed by atoms with Crippen LogP contribution in [0.4, 0.5) is 0 Å². The van der Waals surface area contributed by atoms with Crippen molar-refractivity contribution in [3.63, 3.8) is 0 Å². The molecule has 31 heavy (non-hydrogen) atoms. The van der Waals surface area contributed by atoms with Crippen LogP contribution in [0.15, 0.2) is 83.3 Å². The Hall–Kier alpha value is -3.86. The molecule has 0 bridgehead atoms. The fraction of sp³-hybridized carbons (Fsp3) is 0.154. The Labute approximate surface area is 181 Å². The molecule has 0 aliphatic heterocycles. The molecular weight excluding hydrogens is 388 g/mol. The fourth-order valence-corrected chi connectivity index (χ4v) is 3.22. The molecule has 0 aliphatic rings. The Morgan fingerprint density at radius 3 is 2.19 bits per heavy atom. The average molecular weight is 412 g/mol. The van der Waals surface area contributed by atoms with E-state index in [2.05, 4.69) is 4.98 Å². The van der Waals surface area contributed by atoms with Crippen LogP contribution in [-0.4, -0.2) is 29.9 Å². The van der Waals surface area contributed by atoms with Gasteiger partial charge in [0.25, 0.3) is 5.91 Å². The van der Waals surface area contributed by atoms with E-state index in [-0.39, 0.29) is 5.91 Å². The lowest BCUT2D eigenvalue weighted by Gasteiger charge is -2.09. The first kappa shape index (κ1) is 20.4. The average Bonchev–Trinajstić information content (AvgIpc) is 3.15. The summed E-state index contributed by atoms with van der Waals surface area (Å²) in [6, 6.07) is 25.0. The first-order valence-electron chi connectivity index (χ1n) is 10.1. The number of rotatable bonds is 6. The number of amides is 1. The summed E-state index contributed by atoms with van der Waals surface area (Å²) in [5.74, 6) is 2.91. The van der Waals surface area contributed by atoms with E-state index in [1.54, 1.807) is 31.1 Å². The van der Waals surface area contributed by atoms with Crippen molar-refractivity contribution in [2.45, 2.75) is 13.3 Å². The molecule has 4 aromatic rings. The van der Waals surface area contributed by atoms with E-state index >= 15 is 0 Å². The molecule has 0 aliphatic carbocycles. The number of ether oxygens (including phenoxy) is 1. The molecule has 0 saturated heterocycles. The number of hydrogen-bond acceptors (Lipinski definition) is 4. The van der Waals surface area contributed by atoms with Gasteiger partial charge in [-0.05, 0) is 61.0 Å². The van der Waals surface area contributed by atoms with Gasteiger partial charge in [-0.15, -0.1) is 0 Å². The van der Waals surface area contributed by atoms with Crippen molar-refractivity contribution < 1.29 is 13.9 Å². The van der Waals surface area contributed by atoms with E-state index in [0.717, 1.165) is 34.1 Å².